The van der Waals surface area contributed by atoms with E-state index in [2.05, 4.69) is 0 Å². The fourth-order valence-corrected chi connectivity index (χ4v) is 0.978. The van der Waals surface area contributed by atoms with Gasteiger partial charge in [0.25, 0.3) is 0 Å². The largest absolute Gasteiger partial charge is 0.362 e. The van der Waals surface area contributed by atoms with Crippen molar-refractivity contribution in [3.63, 3.8) is 0 Å². The highest BCUT2D eigenvalue weighted by atomic mass is 19.3. The normalized spacial score (nSPS) is 13.7. The maximum absolute atomic E-state index is 12.8. The molecule has 0 fully saturated rings. The van der Waals surface area contributed by atoms with Crippen LogP contribution in [0.3, 0.4) is 0 Å². The van der Waals surface area contributed by atoms with E-state index in [1.54, 1.807) is 0 Å². The van der Waals surface area contributed by atoms with E-state index in [0.29, 0.717) is 12.2 Å². The molecule has 0 aromatic carbocycles. The summed E-state index contributed by atoms with van der Waals surface area (Å²) in [4.78, 5) is 23.1. The van der Waals surface area contributed by atoms with E-state index in [-0.39, 0.29) is 0 Å². The van der Waals surface area contributed by atoms with Crippen molar-refractivity contribution in [2.24, 2.45) is 15.9 Å². The molecule has 0 aromatic heterocycles. The van der Waals surface area contributed by atoms with E-state index in [9.17, 15) is 27.2 Å². The molecule has 0 amide bonds. The second-order valence-electron chi connectivity index (χ2n) is 2.54. The van der Waals surface area contributed by atoms with Gasteiger partial charge < -0.3 is 0 Å². The molecule has 8 heteroatoms. The van der Waals surface area contributed by atoms with Crippen LogP contribution in [0.5, 0.6) is 0 Å². The lowest BCUT2D eigenvalue weighted by atomic mass is 10.0. The summed E-state index contributed by atoms with van der Waals surface area (Å²) < 4.78 is 51.2. The molecule has 0 aliphatic carbocycles. The lowest BCUT2D eigenvalue weighted by molar-refractivity contribution is -0.164. The monoisotopic (exact) mass is 226 g/mol. The Kier molecular flexibility index (Phi) is 4.33. The zero-order chi connectivity index (χ0) is 12.1. The summed E-state index contributed by atoms with van der Waals surface area (Å²) in [5.74, 6) is -2.67. The van der Waals surface area contributed by atoms with Crippen LogP contribution in [0, 0.1) is 5.92 Å². The molecule has 0 atom stereocenters. The van der Waals surface area contributed by atoms with Crippen LogP contribution in [0.4, 0.5) is 17.6 Å². The Balaban J connectivity index is 5.23. The fourth-order valence-electron chi connectivity index (χ4n) is 0.978. The first-order valence-electron chi connectivity index (χ1n) is 3.75. The number of halogens is 4. The van der Waals surface area contributed by atoms with Crippen LogP contribution >= 0.6 is 0 Å². The Hall–Kier alpha value is -1.52. The first-order valence-corrected chi connectivity index (χ1v) is 3.75. The van der Waals surface area contributed by atoms with Crippen molar-refractivity contribution in [3.8, 4) is 0 Å². The predicted molar refractivity (Wildman–Crippen MR) is 39.9 cm³/mol. The van der Waals surface area contributed by atoms with Gasteiger partial charge in [-0.1, -0.05) is 6.92 Å². The number of hydrogen-bond donors (Lipinski definition) is 0. The number of alkyl halides is 4. The molecule has 4 nitrogen and oxygen atoms in total. The highest BCUT2D eigenvalue weighted by molar-refractivity contribution is 5.35. The van der Waals surface area contributed by atoms with Gasteiger partial charge in [0.2, 0.25) is 12.2 Å². The van der Waals surface area contributed by atoms with Crippen LogP contribution in [0.25, 0.3) is 0 Å². The minimum absolute atomic E-state index is 0.488. The van der Waals surface area contributed by atoms with Crippen LogP contribution in [-0.4, -0.2) is 24.3 Å². The van der Waals surface area contributed by atoms with Gasteiger partial charge in [-0.25, -0.2) is 9.59 Å². The van der Waals surface area contributed by atoms with Crippen LogP contribution < -0.4 is 0 Å². The van der Waals surface area contributed by atoms with E-state index in [1.807, 2.05) is 9.98 Å². The van der Waals surface area contributed by atoms with Crippen molar-refractivity contribution in [1.29, 1.82) is 0 Å². The molecule has 0 aliphatic heterocycles. The van der Waals surface area contributed by atoms with Gasteiger partial charge in [-0.2, -0.15) is 17.6 Å². The standard InChI is InChI=1S/C7H6F4N2O2/c1-2-5(6(8,9)12-3-14)7(10,11)13-4-15/h5H,2H2,1H3. The topological polar surface area (TPSA) is 58.9 Å². The summed E-state index contributed by atoms with van der Waals surface area (Å²) in [5, 5.41) is 0. The molecule has 0 bridgehead atoms. The van der Waals surface area contributed by atoms with Gasteiger partial charge in [0.15, 0.2) is 0 Å². The fraction of sp³-hybridized carbons (Fsp3) is 0.714. The van der Waals surface area contributed by atoms with E-state index >= 15 is 0 Å². The molecule has 0 aromatic rings. The van der Waals surface area contributed by atoms with Gasteiger partial charge in [0.1, 0.15) is 5.92 Å². The maximum Gasteiger partial charge on any atom is 0.362 e. The predicted octanol–water partition coefficient (Wildman–Crippen LogP) is 1.87. The Labute approximate surface area is 81.7 Å². The lowest BCUT2D eigenvalue weighted by Crippen LogP contribution is -2.39. The SMILES string of the molecule is CCC(C(F)(F)N=C=O)C(F)(F)N=C=O. The molecule has 0 unspecified atom stereocenters. The van der Waals surface area contributed by atoms with Crippen molar-refractivity contribution in [1.82, 2.24) is 0 Å². The molecule has 0 saturated heterocycles. The summed E-state index contributed by atoms with van der Waals surface area (Å²) in [6.45, 7) is 1.02. The molecule has 0 N–H and O–H groups in total. The third kappa shape index (κ3) is 3.27. The second-order valence-corrected chi connectivity index (χ2v) is 2.54. The van der Waals surface area contributed by atoms with E-state index in [4.69, 9.17) is 0 Å². The Morgan fingerprint density at radius 1 is 1.07 bits per heavy atom. The van der Waals surface area contributed by atoms with Crippen LogP contribution in [-0.2, 0) is 9.59 Å². The number of carbonyl (C=O) groups excluding carboxylic acids is 2. The van der Waals surface area contributed by atoms with Crippen LogP contribution in [0.1, 0.15) is 13.3 Å². The second kappa shape index (κ2) is 4.82. The summed E-state index contributed by atoms with van der Waals surface area (Å²) in [5.41, 5.74) is 0. The quantitative estimate of drug-likeness (QED) is 0.311. The number of rotatable bonds is 5. The molecular formula is C7H6F4N2O2. The molecule has 0 aliphatic rings. The average Bonchev–Trinajstić information content (AvgIpc) is 2.02. The van der Waals surface area contributed by atoms with Gasteiger partial charge in [0, 0.05) is 0 Å². The van der Waals surface area contributed by atoms with Gasteiger partial charge in [-0.15, -0.1) is 9.98 Å². The first kappa shape index (κ1) is 13.5. The van der Waals surface area contributed by atoms with Crippen LogP contribution in [0.2, 0.25) is 0 Å². The molecule has 0 saturated carbocycles. The van der Waals surface area contributed by atoms with Gasteiger partial charge in [0.05, 0.1) is 0 Å². The zero-order valence-corrected chi connectivity index (χ0v) is 7.51. The third-order valence-corrected chi connectivity index (χ3v) is 1.64. The zero-order valence-electron chi connectivity index (χ0n) is 7.51. The van der Waals surface area contributed by atoms with Gasteiger partial charge >= 0.3 is 12.1 Å². The molecule has 0 heterocycles. The summed E-state index contributed by atoms with van der Waals surface area (Å²) in [7, 11) is 0. The summed E-state index contributed by atoms with van der Waals surface area (Å²) in [6, 6.07) is -8.64. The first-order chi connectivity index (χ1) is 6.81. The highest BCUT2D eigenvalue weighted by Crippen LogP contribution is 2.40. The van der Waals surface area contributed by atoms with E-state index in [0.717, 1.165) is 6.92 Å². The van der Waals surface area contributed by atoms with E-state index < -0.39 is 24.4 Å². The van der Waals surface area contributed by atoms with Crippen molar-refractivity contribution in [2.45, 2.75) is 25.4 Å². The smallest absolute Gasteiger partial charge is 0.211 e. The van der Waals surface area contributed by atoms with Crippen LogP contribution in [0.15, 0.2) is 9.98 Å². The Morgan fingerprint density at radius 2 is 1.40 bits per heavy atom. The maximum atomic E-state index is 12.8. The minimum Gasteiger partial charge on any atom is -0.211 e. The third-order valence-electron chi connectivity index (χ3n) is 1.64. The molecule has 0 spiro atoms. The minimum atomic E-state index is -4.32. The number of nitrogens with zero attached hydrogens (tertiary/aromatic N) is 2. The summed E-state index contributed by atoms with van der Waals surface area (Å²) in [6.07, 6.45) is 0.251. The van der Waals surface area contributed by atoms with E-state index in [1.165, 1.54) is 0 Å². The summed E-state index contributed by atoms with van der Waals surface area (Å²) >= 11 is 0. The Bertz CT molecular complexity index is 289. The van der Waals surface area contributed by atoms with Crippen molar-refractivity contribution >= 4 is 12.2 Å². The molecule has 15 heavy (non-hydrogen) atoms. The molecule has 0 rings (SSSR count). The number of hydrogen-bond acceptors (Lipinski definition) is 4. The average molecular weight is 226 g/mol. The van der Waals surface area contributed by atoms with Gasteiger partial charge in [-0.3, -0.25) is 0 Å². The molecule has 0 radical (unpaired) electrons. The molecular weight excluding hydrogens is 220 g/mol. The van der Waals surface area contributed by atoms with Crippen molar-refractivity contribution in [3.05, 3.63) is 0 Å². The van der Waals surface area contributed by atoms with Gasteiger partial charge in [-0.05, 0) is 6.42 Å². The number of isocyanates is 2. The Morgan fingerprint density at radius 3 is 1.60 bits per heavy atom. The highest BCUT2D eigenvalue weighted by Gasteiger charge is 2.54. The van der Waals surface area contributed by atoms with Crippen molar-refractivity contribution in [2.75, 3.05) is 0 Å². The van der Waals surface area contributed by atoms with Crippen molar-refractivity contribution < 1.29 is 27.2 Å². The lowest BCUT2D eigenvalue weighted by Gasteiger charge is -2.24. The number of aliphatic imine (C=N–C) groups is 2. The molecule has 84 valence electrons.